The number of nitrogens with one attached hydrogen (secondary N) is 1. The minimum Gasteiger partial charge on any atom is -0.314 e. The standard InChI is InChI=1S/C12H24N2/c1-2-11-5-8-14(10-11)9-6-12-4-3-7-13-12/h11-13H,2-10H2,1H3. The Morgan fingerprint density at radius 1 is 1.36 bits per heavy atom. The first-order valence-electron chi connectivity index (χ1n) is 6.34. The summed E-state index contributed by atoms with van der Waals surface area (Å²) in [5.74, 6) is 0.992. The second-order valence-electron chi connectivity index (χ2n) is 4.95. The molecule has 1 N–H and O–H groups in total. The van der Waals surface area contributed by atoms with Gasteiger partial charge in [-0.1, -0.05) is 13.3 Å². The molecule has 0 saturated carbocycles. The van der Waals surface area contributed by atoms with E-state index in [1.54, 1.807) is 0 Å². The topological polar surface area (TPSA) is 15.3 Å². The predicted molar refractivity (Wildman–Crippen MR) is 60.5 cm³/mol. The van der Waals surface area contributed by atoms with Crippen molar-refractivity contribution < 1.29 is 0 Å². The molecular weight excluding hydrogens is 172 g/mol. The summed E-state index contributed by atoms with van der Waals surface area (Å²) in [7, 11) is 0. The van der Waals surface area contributed by atoms with Gasteiger partial charge < -0.3 is 10.2 Å². The summed E-state index contributed by atoms with van der Waals surface area (Å²) < 4.78 is 0. The van der Waals surface area contributed by atoms with Crippen LogP contribution in [0, 0.1) is 5.92 Å². The van der Waals surface area contributed by atoms with Gasteiger partial charge in [0, 0.05) is 12.6 Å². The first-order valence-corrected chi connectivity index (χ1v) is 6.34. The van der Waals surface area contributed by atoms with Gasteiger partial charge in [-0.3, -0.25) is 0 Å². The molecule has 2 saturated heterocycles. The van der Waals surface area contributed by atoms with E-state index in [2.05, 4.69) is 17.1 Å². The predicted octanol–water partition coefficient (Wildman–Crippen LogP) is 1.86. The van der Waals surface area contributed by atoms with Crippen LogP contribution in [0.1, 0.15) is 39.0 Å². The zero-order valence-electron chi connectivity index (χ0n) is 9.47. The Hall–Kier alpha value is -0.0800. The van der Waals surface area contributed by atoms with Crippen LogP contribution < -0.4 is 5.32 Å². The fourth-order valence-corrected chi connectivity index (χ4v) is 2.79. The Kier molecular flexibility index (Phi) is 3.82. The zero-order chi connectivity index (χ0) is 9.80. The van der Waals surface area contributed by atoms with Crippen molar-refractivity contribution in [3.05, 3.63) is 0 Å². The van der Waals surface area contributed by atoms with Crippen molar-refractivity contribution in [2.75, 3.05) is 26.2 Å². The molecule has 0 aliphatic carbocycles. The number of hydrogen-bond donors (Lipinski definition) is 1. The number of nitrogens with zero attached hydrogens (tertiary/aromatic N) is 1. The monoisotopic (exact) mass is 196 g/mol. The summed E-state index contributed by atoms with van der Waals surface area (Å²) in [6.45, 7) is 7.62. The van der Waals surface area contributed by atoms with Crippen molar-refractivity contribution in [1.82, 2.24) is 10.2 Å². The quantitative estimate of drug-likeness (QED) is 0.738. The maximum absolute atomic E-state index is 3.58. The smallest absolute Gasteiger partial charge is 0.00797 e. The molecule has 0 aromatic heterocycles. The van der Waals surface area contributed by atoms with Gasteiger partial charge in [-0.2, -0.15) is 0 Å². The van der Waals surface area contributed by atoms with Gasteiger partial charge >= 0.3 is 0 Å². The Morgan fingerprint density at radius 2 is 2.29 bits per heavy atom. The molecule has 82 valence electrons. The maximum atomic E-state index is 3.58. The van der Waals surface area contributed by atoms with Crippen LogP contribution in [0.25, 0.3) is 0 Å². The van der Waals surface area contributed by atoms with Crippen molar-refractivity contribution in [2.24, 2.45) is 5.92 Å². The summed E-state index contributed by atoms with van der Waals surface area (Å²) in [5, 5.41) is 3.58. The highest BCUT2D eigenvalue weighted by Crippen LogP contribution is 2.20. The van der Waals surface area contributed by atoms with Crippen LogP contribution in [0.5, 0.6) is 0 Å². The van der Waals surface area contributed by atoms with Crippen LogP contribution in [-0.2, 0) is 0 Å². The van der Waals surface area contributed by atoms with Crippen LogP contribution in [-0.4, -0.2) is 37.1 Å². The number of hydrogen-bond acceptors (Lipinski definition) is 2. The molecule has 0 bridgehead atoms. The van der Waals surface area contributed by atoms with Crippen LogP contribution in [0.4, 0.5) is 0 Å². The molecule has 0 aromatic carbocycles. The molecule has 0 aromatic rings. The van der Waals surface area contributed by atoms with E-state index in [9.17, 15) is 0 Å². The van der Waals surface area contributed by atoms with Gasteiger partial charge in [0.25, 0.3) is 0 Å². The van der Waals surface area contributed by atoms with Gasteiger partial charge in [0.05, 0.1) is 0 Å². The van der Waals surface area contributed by atoms with Gasteiger partial charge in [0.15, 0.2) is 0 Å². The molecule has 14 heavy (non-hydrogen) atoms. The van der Waals surface area contributed by atoms with E-state index >= 15 is 0 Å². The van der Waals surface area contributed by atoms with Gasteiger partial charge in [-0.25, -0.2) is 0 Å². The van der Waals surface area contributed by atoms with Crippen LogP contribution in [0.2, 0.25) is 0 Å². The highest BCUT2D eigenvalue weighted by atomic mass is 15.1. The summed E-state index contributed by atoms with van der Waals surface area (Å²) in [5.41, 5.74) is 0. The van der Waals surface area contributed by atoms with E-state index < -0.39 is 0 Å². The van der Waals surface area contributed by atoms with E-state index in [0.717, 1.165) is 12.0 Å². The van der Waals surface area contributed by atoms with Crippen LogP contribution >= 0.6 is 0 Å². The number of likely N-dealkylation sites (tertiary alicyclic amines) is 1. The van der Waals surface area contributed by atoms with Crippen molar-refractivity contribution in [3.63, 3.8) is 0 Å². The lowest BCUT2D eigenvalue weighted by atomic mass is 10.1. The van der Waals surface area contributed by atoms with Crippen molar-refractivity contribution >= 4 is 0 Å². The van der Waals surface area contributed by atoms with Gasteiger partial charge in [-0.05, 0) is 51.2 Å². The zero-order valence-corrected chi connectivity index (χ0v) is 9.47. The largest absolute Gasteiger partial charge is 0.314 e. The van der Waals surface area contributed by atoms with Crippen molar-refractivity contribution in [3.8, 4) is 0 Å². The highest BCUT2D eigenvalue weighted by Gasteiger charge is 2.22. The lowest BCUT2D eigenvalue weighted by Crippen LogP contribution is -2.29. The summed E-state index contributed by atoms with van der Waals surface area (Å²) in [4.78, 5) is 2.66. The molecule has 2 aliphatic rings. The molecule has 2 aliphatic heterocycles. The third-order valence-electron chi connectivity index (χ3n) is 3.90. The van der Waals surface area contributed by atoms with E-state index in [-0.39, 0.29) is 0 Å². The van der Waals surface area contributed by atoms with Crippen LogP contribution in [0.15, 0.2) is 0 Å². The fraction of sp³-hybridized carbons (Fsp3) is 1.00. The molecular formula is C12H24N2. The molecule has 2 fully saturated rings. The molecule has 0 radical (unpaired) electrons. The average Bonchev–Trinajstić information content (AvgIpc) is 2.86. The fourth-order valence-electron chi connectivity index (χ4n) is 2.79. The molecule has 2 atom stereocenters. The third kappa shape index (κ3) is 2.71. The Morgan fingerprint density at radius 3 is 2.93 bits per heavy atom. The minimum absolute atomic E-state index is 0.829. The van der Waals surface area contributed by atoms with Gasteiger partial charge in [0.2, 0.25) is 0 Å². The molecule has 2 heteroatoms. The average molecular weight is 196 g/mol. The SMILES string of the molecule is CCC1CCN(CCC2CCCN2)C1. The Bertz CT molecular complexity index is 164. The maximum Gasteiger partial charge on any atom is 0.00797 e. The second-order valence-corrected chi connectivity index (χ2v) is 4.95. The van der Waals surface area contributed by atoms with E-state index in [1.165, 1.54) is 58.3 Å². The first kappa shape index (κ1) is 10.4. The summed E-state index contributed by atoms with van der Waals surface area (Å²) >= 11 is 0. The van der Waals surface area contributed by atoms with Crippen LogP contribution in [0.3, 0.4) is 0 Å². The van der Waals surface area contributed by atoms with Crippen molar-refractivity contribution in [1.29, 1.82) is 0 Å². The summed E-state index contributed by atoms with van der Waals surface area (Å²) in [6.07, 6.45) is 6.98. The van der Waals surface area contributed by atoms with E-state index in [1.807, 2.05) is 0 Å². The lowest BCUT2D eigenvalue weighted by Gasteiger charge is -2.18. The van der Waals surface area contributed by atoms with E-state index in [0.29, 0.717) is 0 Å². The molecule has 2 rings (SSSR count). The number of rotatable bonds is 4. The van der Waals surface area contributed by atoms with Gasteiger partial charge in [-0.15, -0.1) is 0 Å². The lowest BCUT2D eigenvalue weighted by molar-refractivity contribution is 0.303. The minimum atomic E-state index is 0.829. The first-order chi connectivity index (χ1) is 6.88. The molecule has 2 heterocycles. The van der Waals surface area contributed by atoms with E-state index in [4.69, 9.17) is 0 Å². The molecule has 2 unspecified atom stereocenters. The third-order valence-corrected chi connectivity index (χ3v) is 3.90. The highest BCUT2D eigenvalue weighted by molar-refractivity contribution is 4.79. The normalized spacial score (nSPS) is 34.1. The van der Waals surface area contributed by atoms with Gasteiger partial charge in [0.1, 0.15) is 0 Å². The molecule has 0 amide bonds. The Labute approximate surface area is 88.1 Å². The Balaban J connectivity index is 1.61. The van der Waals surface area contributed by atoms with Crippen molar-refractivity contribution in [2.45, 2.75) is 45.1 Å². The molecule has 2 nitrogen and oxygen atoms in total. The molecule has 0 spiro atoms. The second kappa shape index (κ2) is 5.13. The summed E-state index contributed by atoms with van der Waals surface area (Å²) in [6, 6.07) is 0.829.